The molecule has 1 heterocycles. The molecule has 140 valence electrons. The van der Waals surface area contributed by atoms with Crippen LogP contribution in [0.1, 0.15) is 30.7 Å². The first-order chi connectivity index (χ1) is 13.0. The van der Waals surface area contributed by atoms with Crippen LogP contribution < -0.4 is 10.9 Å². The first kappa shape index (κ1) is 19.1. The predicted molar refractivity (Wildman–Crippen MR) is 108 cm³/mol. The molecule has 0 saturated carbocycles. The number of rotatable bonds is 5. The Morgan fingerprint density at radius 1 is 1.30 bits per heavy atom. The molecule has 2 N–H and O–H groups in total. The molecular formula is C21H22ClN3O2. The van der Waals surface area contributed by atoms with Crippen LogP contribution in [-0.2, 0) is 4.79 Å². The van der Waals surface area contributed by atoms with Gasteiger partial charge in [-0.1, -0.05) is 55.0 Å². The average molecular weight is 384 g/mol. The zero-order valence-corrected chi connectivity index (χ0v) is 16.1. The van der Waals surface area contributed by atoms with Crippen molar-refractivity contribution in [1.29, 1.82) is 0 Å². The van der Waals surface area contributed by atoms with Gasteiger partial charge in [0.05, 0.1) is 17.0 Å². The number of halogens is 1. The minimum Gasteiger partial charge on any atom is -0.352 e. The van der Waals surface area contributed by atoms with Crippen LogP contribution in [0.5, 0.6) is 0 Å². The molecule has 1 aliphatic rings. The van der Waals surface area contributed by atoms with Crippen molar-refractivity contribution in [2.45, 2.75) is 31.6 Å². The zero-order chi connectivity index (χ0) is 19.4. The van der Waals surface area contributed by atoms with E-state index in [0.29, 0.717) is 24.5 Å². The summed E-state index contributed by atoms with van der Waals surface area (Å²) in [6.45, 7) is 4.24. The quantitative estimate of drug-likeness (QED) is 0.776. The second-order valence-corrected chi connectivity index (χ2v) is 7.09. The van der Waals surface area contributed by atoms with Crippen molar-refractivity contribution in [3.8, 4) is 11.3 Å². The fourth-order valence-electron chi connectivity index (χ4n) is 2.89. The third-order valence-electron chi connectivity index (χ3n) is 4.46. The molecule has 2 aromatic rings. The van der Waals surface area contributed by atoms with Gasteiger partial charge in [0.1, 0.15) is 5.82 Å². The van der Waals surface area contributed by atoms with Gasteiger partial charge in [0.25, 0.3) is 5.56 Å². The number of hydrogen-bond acceptors (Lipinski definition) is 3. The second-order valence-electron chi connectivity index (χ2n) is 6.58. The molecule has 2 atom stereocenters. The number of carbonyl (C=O) groups is 1. The number of allylic oxidation sites excluding steroid dienone is 2. The molecule has 5 nitrogen and oxygen atoms in total. The largest absolute Gasteiger partial charge is 0.352 e. The zero-order valence-electron chi connectivity index (χ0n) is 15.3. The number of alkyl halides is 1. The van der Waals surface area contributed by atoms with E-state index >= 15 is 0 Å². The maximum Gasteiger partial charge on any atom is 0.251 e. The van der Waals surface area contributed by atoms with Crippen molar-refractivity contribution < 1.29 is 4.79 Å². The van der Waals surface area contributed by atoms with Crippen molar-refractivity contribution in [3.63, 3.8) is 0 Å². The first-order valence-corrected chi connectivity index (χ1v) is 9.38. The Hall–Kier alpha value is -2.66. The van der Waals surface area contributed by atoms with E-state index < -0.39 is 0 Å². The van der Waals surface area contributed by atoms with Gasteiger partial charge in [-0.15, -0.1) is 11.6 Å². The molecule has 1 aliphatic carbocycles. The van der Waals surface area contributed by atoms with E-state index in [1.54, 1.807) is 0 Å². The highest BCUT2D eigenvalue weighted by molar-refractivity contribution is 6.22. The van der Waals surface area contributed by atoms with Crippen LogP contribution in [0.25, 0.3) is 11.3 Å². The molecule has 2 unspecified atom stereocenters. The molecule has 0 radical (unpaired) electrons. The molecule has 0 bridgehead atoms. The smallest absolute Gasteiger partial charge is 0.251 e. The summed E-state index contributed by atoms with van der Waals surface area (Å²) < 4.78 is 0. The standard InChI is InChI=1S/C21H22ClN3O2/c1-3-19(26)23-12-14-6-9-17(22)16(10-14)21-24-18(11-20(27)25-21)15-7-4-13(2)5-8-15/h4-11,16-17H,3,12H2,1-2H3,(H,23,26)(H,24,25,27). The lowest BCUT2D eigenvalue weighted by Gasteiger charge is -2.21. The van der Waals surface area contributed by atoms with Crippen LogP contribution in [-0.4, -0.2) is 27.8 Å². The van der Waals surface area contributed by atoms with Gasteiger partial charge in [-0.25, -0.2) is 4.98 Å². The maximum atomic E-state index is 12.2. The highest BCUT2D eigenvalue weighted by atomic mass is 35.5. The minimum atomic E-state index is -0.327. The van der Waals surface area contributed by atoms with E-state index in [0.717, 1.165) is 16.7 Å². The summed E-state index contributed by atoms with van der Waals surface area (Å²) in [4.78, 5) is 31.2. The van der Waals surface area contributed by atoms with Crippen molar-refractivity contribution in [3.05, 3.63) is 75.9 Å². The highest BCUT2D eigenvalue weighted by Crippen LogP contribution is 2.29. The number of aromatic amines is 1. The molecule has 27 heavy (non-hydrogen) atoms. The Balaban J connectivity index is 1.91. The SMILES string of the molecule is CCC(=O)NCC1=CC(c2nc(-c3ccc(C)cc3)cc(=O)[nH]2)C(Cl)C=C1. The maximum absolute atomic E-state index is 12.2. The summed E-state index contributed by atoms with van der Waals surface area (Å²) in [6.07, 6.45) is 6.14. The van der Waals surface area contributed by atoms with Crippen molar-refractivity contribution in [2.75, 3.05) is 6.54 Å². The van der Waals surface area contributed by atoms with E-state index in [4.69, 9.17) is 11.6 Å². The lowest BCUT2D eigenvalue weighted by atomic mass is 9.94. The second kappa shape index (κ2) is 8.35. The van der Waals surface area contributed by atoms with Gasteiger partial charge in [-0.05, 0) is 12.5 Å². The third-order valence-corrected chi connectivity index (χ3v) is 4.88. The number of nitrogens with zero attached hydrogens (tertiary/aromatic N) is 1. The van der Waals surface area contributed by atoms with E-state index in [1.807, 2.05) is 56.3 Å². The first-order valence-electron chi connectivity index (χ1n) is 8.94. The minimum absolute atomic E-state index is 0.0123. The molecule has 0 spiro atoms. The van der Waals surface area contributed by atoms with Crippen LogP contribution in [0.2, 0.25) is 0 Å². The van der Waals surface area contributed by atoms with E-state index in [-0.39, 0.29) is 22.8 Å². The summed E-state index contributed by atoms with van der Waals surface area (Å²) in [7, 11) is 0. The molecule has 0 saturated heterocycles. The monoisotopic (exact) mass is 383 g/mol. The predicted octanol–water partition coefficient (Wildman–Crippen LogP) is 3.46. The number of carbonyl (C=O) groups excluding carboxylic acids is 1. The van der Waals surface area contributed by atoms with Gasteiger partial charge in [0.2, 0.25) is 5.91 Å². The Bertz CT molecular complexity index is 945. The van der Waals surface area contributed by atoms with Gasteiger partial charge in [0, 0.05) is 24.6 Å². The molecule has 3 rings (SSSR count). The Kier molecular flexibility index (Phi) is 5.91. The topological polar surface area (TPSA) is 74.8 Å². The van der Waals surface area contributed by atoms with Crippen molar-refractivity contribution >= 4 is 17.5 Å². The number of amides is 1. The Labute approximate surface area is 163 Å². The summed E-state index contributed by atoms with van der Waals surface area (Å²) >= 11 is 6.46. The molecule has 1 amide bonds. The van der Waals surface area contributed by atoms with Gasteiger partial charge in [-0.3, -0.25) is 9.59 Å². The highest BCUT2D eigenvalue weighted by Gasteiger charge is 2.23. The molecular weight excluding hydrogens is 362 g/mol. The molecule has 0 fully saturated rings. The van der Waals surface area contributed by atoms with Crippen molar-refractivity contribution in [2.24, 2.45) is 0 Å². The average Bonchev–Trinajstić information content (AvgIpc) is 2.67. The molecule has 1 aromatic carbocycles. The number of aryl methyl sites for hydroxylation is 1. The molecule has 6 heteroatoms. The van der Waals surface area contributed by atoms with E-state index in [9.17, 15) is 9.59 Å². The normalized spacial score (nSPS) is 18.9. The Morgan fingerprint density at radius 3 is 2.74 bits per heavy atom. The van der Waals surface area contributed by atoms with Gasteiger partial charge < -0.3 is 10.3 Å². The lowest BCUT2D eigenvalue weighted by molar-refractivity contribution is -0.120. The molecule has 0 aliphatic heterocycles. The van der Waals surface area contributed by atoms with Crippen LogP contribution in [0, 0.1) is 6.92 Å². The van der Waals surface area contributed by atoms with Gasteiger partial charge in [-0.2, -0.15) is 0 Å². The fourth-order valence-corrected chi connectivity index (χ4v) is 3.16. The summed E-state index contributed by atoms with van der Waals surface area (Å²) in [5.74, 6) is 0.229. The fraction of sp³-hybridized carbons (Fsp3) is 0.286. The van der Waals surface area contributed by atoms with Crippen LogP contribution in [0.4, 0.5) is 0 Å². The van der Waals surface area contributed by atoms with Crippen LogP contribution in [0.15, 0.2) is 58.9 Å². The van der Waals surface area contributed by atoms with E-state index in [2.05, 4.69) is 15.3 Å². The van der Waals surface area contributed by atoms with Crippen LogP contribution in [0.3, 0.4) is 0 Å². The third kappa shape index (κ3) is 4.74. The number of hydrogen-bond donors (Lipinski definition) is 2. The van der Waals surface area contributed by atoms with E-state index in [1.165, 1.54) is 6.07 Å². The lowest BCUT2D eigenvalue weighted by Crippen LogP contribution is -2.26. The number of nitrogens with one attached hydrogen (secondary N) is 2. The number of aromatic nitrogens is 2. The van der Waals surface area contributed by atoms with Crippen LogP contribution >= 0.6 is 11.6 Å². The van der Waals surface area contributed by atoms with Crippen molar-refractivity contribution in [1.82, 2.24) is 15.3 Å². The molecule has 1 aromatic heterocycles. The summed E-state index contributed by atoms with van der Waals surface area (Å²) in [5, 5.41) is 2.52. The summed E-state index contributed by atoms with van der Waals surface area (Å²) in [5.41, 5.74) is 3.35. The number of benzene rings is 1. The van der Waals surface area contributed by atoms with Gasteiger partial charge in [0.15, 0.2) is 0 Å². The Morgan fingerprint density at radius 2 is 2.04 bits per heavy atom. The van der Waals surface area contributed by atoms with Gasteiger partial charge >= 0.3 is 0 Å². The summed E-state index contributed by atoms with van der Waals surface area (Å²) in [6, 6.07) is 9.35. The number of H-pyrrole nitrogens is 1.